The zero-order valence-electron chi connectivity index (χ0n) is 6.31. The quantitative estimate of drug-likeness (QED) is 0.330. The van der Waals surface area contributed by atoms with Crippen LogP contribution in [0.1, 0.15) is 0 Å². The Labute approximate surface area is 67.5 Å². The molecule has 76 valence electrons. The molecule has 12 heavy (non-hydrogen) atoms. The van der Waals surface area contributed by atoms with Gasteiger partial charge in [0, 0.05) is 13.1 Å². The van der Waals surface area contributed by atoms with E-state index in [1.54, 1.807) is 0 Å². The number of hydrogen-bond donors (Lipinski definition) is 3. The largest absolute Gasteiger partial charge is 0.673 e. The first-order valence-corrected chi connectivity index (χ1v) is 3.21. The lowest BCUT2D eigenvalue weighted by atomic mass is 10.3. The Hall–Kier alpha value is -0.335. The van der Waals surface area contributed by atoms with Crippen LogP contribution in [0.5, 0.6) is 0 Å². The van der Waals surface area contributed by atoms with Crippen molar-refractivity contribution >= 4 is 7.25 Å². The molecule has 0 heterocycles. The molecule has 0 aromatic carbocycles. The van der Waals surface area contributed by atoms with E-state index in [0.29, 0.717) is 13.1 Å². The van der Waals surface area contributed by atoms with Crippen LogP contribution in [-0.2, 0) is 0 Å². The van der Waals surface area contributed by atoms with Crippen LogP contribution in [-0.4, -0.2) is 43.8 Å². The summed E-state index contributed by atoms with van der Waals surface area (Å²) in [7, 11) is -6.00. The van der Waals surface area contributed by atoms with Crippen LogP contribution in [0.4, 0.5) is 17.3 Å². The molecule has 0 atom stereocenters. The molecule has 0 aliphatic heterocycles. The van der Waals surface area contributed by atoms with E-state index in [-0.39, 0.29) is 13.2 Å². The van der Waals surface area contributed by atoms with Gasteiger partial charge in [0.15, 0.2) is 0 Å². The lowest BCUT2D eigenvalue weighted by Gasteiger charge is -1.94. The van der Waals surface area contributed by atoms with Crippen molar-refractivity contribution in [2.24, 2.45) is 0 Å². The molecule has 3 nitrogen and oxygen atoms in total. The van der Waals surface area contributed by atoms with Gasteiger partial charge in [0.05, 0.1) is 13.2 Å². The molecular weight excluding hydrogens is 181 g/mol. The summed E-state index contributed by atoms with van der Waals surface area (Å²) < 4.78 is 39.0. The van der Waals surface area contributed by atoms with Gasteiger partial charge < -0.3 is 32.8 Å². The maximum absolute atomic E-state index is 9.75. The molecule has 3 N–H and O–H groups in total. The molecule has 0 fully saturated rings. The summed E-state index contributed by atoms with van der Waals surface area (Å²) in [5.74, 6) is 0. The fourth-order valence-electron chi connectivity index (χ4n) is 0.283. The summed E-state index contributed by atoms with van der Waals surface area (Å²) in [4.78, 5) is 0. The Kier molecular flexibility index (Phi) is 10.4. The van der Waals surface area contributed by atoms with E-state index in [1.807, 2.05) is 0 Å². The lowest BCUT2D eigenvalue weighted by Crippen LogP contribution is -2.21. The third-order valence-electron chi connectivity index (χ3n) is 0.577. The van der Waals surface area contributed by atoms with E-state index >= 15 is 0 Å². The van der Waals surface area contributed by atoms with Crippen molar-refractivity contribution in [3.05, 3.63) is 0 Å². The van der Waals surface area contributed by atoms with Gasteiger partial charge in [-0.15, -0.1) is 0 Å². The van der Waals surface area contributed by atoms with Crippen LogP contribution < -0.4 is 5.32 Å². The predicted molar refractivity (Wildman–Crippen MR) is 37.2 cm³/mol. The second kappa shape index (κ2) is 8.76. The van der Waals surface area contributed by atoms with E-state index in [2.05, 4.69) is 5.32 Å². The van der Waals surface area contributed by atoms with Gasteiger partial charge in [0.2, 0.25) is 0 Å². The van der Waals surface area contributed by atoms with Gasteiger partial charge in [0.25, 0.3) is 0 Å². The molecule has 0 spiro atoms. The molecule has 0 bridgehead atoms. The summed E-state index contributed by atoms with van der Waals surface area (Å²) in [5, 5.41) is 19.1. The first-order chi connectivity index (χ1) is 5.41. The summed E-state index contributed by atoms with van der Waals surface area (Å²) in [5.41, 5.74) is 0. The van der Waals surface area contributed by atoms with E-state index in [9.17, 15) is 17.3 Å². The zero-order valence-corrected chi connectivity index (χ0v) is 6.31. The molecule has 0 saturated heterocycles. The highest BCUT2D eigenvalue weighted by molar-refractivity contribution is 6.50. The predicted octanol–water partition coefficient (Wildman–Crippen LogP) is -0.139. The Balaban J connectivity index is 0. The minimum Gasteiger partial charge on any atom is -0.418 e. The van der Waals surface area contributed by atoms with Crippen molar-refractivity contribution in [1.82, 2.24) is 5.32 Å². The average molecular weight is 192 g/mol. The third-order valence-corrected chi connectivity index (χ3v) is 0.577. The first-order valence-electron chi connectivity index (χ1n) is 3.21. The Morgan fingerprint density at radius 3 is 1.33 bits per heavy atom. The van der Waals surface area contributed by atoms with Gasteiger partial charge in [-0.05, 0) is 0 Å². The maximum atomic E-state index is 9.75. The minimum atomic E-state index is -6.00. The molecule has 0 amide bonds. The smallest absolute Gasteiger partial charge is 0.418 e. The molecule has 0 saturated carbocycles. The van der Waals surface area contributed by atoms with Gasteiger partial charge in [-0.3, -0.25) is 0 Å². The van der Waals surface area contributed by atoms with Gasteiger partial charge in [0.1, 0.15) is 0 Å². The monoisotopic (exact) mass is 192 g/mol. The Morgan fingerprint density at radius 2 is 1.17 bits per heavy atom. The fraction of sp³-hybridized carbons (Fsp3) is 1.00. The first kappa shape index (κ1) is 14.2. The van der Waals surface area contributed by atoms with Crippen molar-refractivity contribution in [3.8, 4) is 0 Å². The minimum absolute atomic E-state index is 0.139. The molecule has 8 heteroatoms. The highest BCUT2D eigenvalue weighted by Gasteiger charge is 2.20. The molecule has 0 unspecified atom stereocenters. The van der Waals surface area contributed by atoms with Crippen molar-refractivity contribution < 1.29 is 27.5 Å². The van der Waals surface area contributed by atoms with E-state index in [0.717, 1.165) is 0 Å². The highest BCUT2D eigenvalue weighted by Crippen LogP contribution is 2.06. The second-order valence-corrected chi connectivity index (χ2v) is 1.69. The number of rotatable bonds is 4. The van der Waals surface area contributed by atoms with E-state index in [1.165, 1.54) is 0 Å². The molecule has 0 rings (SSSR count). The standard InChI is InChI=1S/C4H11NO2.BF4/c6-3-1-5-2-4-7;2-1(3,4)5/h5-7H,1-4H2;/q;-1. The number of hydrogen-bond acceptors (Lipinski definition) is 3. The van der Waals surface area contributed by atoms with Crippen LogP contribution in [0.25, 0.3) is 0 Å². The van der Waals surface area contributed by atoms with Gasteiger partial charge in [-0.1, -0.05) is 0 Å². The number of aliphatic hydroxyl groups is 2. The van der Waals surface area contributed by atoms with Crippen LogP contribution in [0.2, 0.25) is 0 Å². The van der Waals surface area contributed by atoms with Gasteiger partial charge >= 0.3 is 7.25 Å². The summed E-state index contributed by atoms with van der Waals surface area (Å²) in [6.07, 6.45) is 0. The highest BCUT2D eigenvalue weighted by atomic mass is 19.5. The third kappa shape index (κ3) is 54.0. The summed E-state index contributed by atoms with van der Waals surface area (Å²) in [6, 6.07) is 0. The normalized spacial score (nSPS) is 10.5. The number of aliphatic hydroxyl groups excluding tert-OH is 2. The molecule has 0 aliphatic rings. The molecule has 0 aliphatic carbocycles. The van der Waals surface area contributed by atoms with Crippen LogP contribution in [0.3, 0.4) is 0 Å². The molecular formula is C4H11BF4NO2-. The SMILES string of the molecule is F[B-](F)(F)F.OCCNCCO. The molecule has 0 aromatic rings. The van der Waals surface area contributed by atoms with Gasteiger partial charge in [-0.2, -0.15) is 0 Å². The Bertz CT molecular complexity index is 81.6. The molecule has 0 radical (unpaired) electrons. The zero-order chi connectivity index (χ0) is 10.0. The fourth-order valence-corrected chi connectivity index (χ4v) is 0.283. The van der Waals surface area contributed by atoms with E-state index < -0.39 is 7.25 Å². The van der Waals surface area contributed by atoms with Crippen LogP contribution in [0.15, 0.2) is 0 Å². The summed E-state index contributed by atoms with van der Waals surface area (Å²) in [6.45, 7) is 1.42. The van der Waals surface area contributed by atoms with Crippen molar-refractivity contribution in [2.75, 3.05) is 26.3 Å². The number of nitrogens with one attached hydrogen (secondary N) is 1. The van der Waals surface area contributed by atoms with E-state index in [4.69, 9.17) is 10.2 Å². The van der Waals surface area contributed by atoms with Crippen molar-refractivity contribution in [2.45, 2.75) is 0 Å². The van der Waals surface area contributed by atoms with Crippen LogP contribution in [0, 0.1) is 0 Å². The lowest BCUT2D eigenvalue weighted by molar-refractivity contribution is 0.266. The average Bonchev–Trinajstić information content (AvgIpc) is 1.85. The van der Waals surface area contributed by atoms with Gasteiger partial charge in [-0.25, -0.2) is 0 Å². The van der Waals surface area contributed by atoms with Crippen LogP contribution >= 0.6 is 0 Å². The van der Waals surface area contributed by atoms with Crippen molar-refractivity contribution in [1.29, 1.82) is 0 Å². The summed E-state index contributed by atoms with van der Waals surface area (Å²) >= 11 is 0. The van der Waals surface area contributed by atoms with Crippen molar-refractivity contribution in [3.63, 3.8) is 0 Å². The maximum Gasteiger partial charge on any atom is 0.673 e. The molecule has 0 aromatic heterocycles. The Morgan fingerprint density at radius 1 is 0.917 bits per heavy atom. The second-order valence-electron chi connectivity index (χ2n) is 1.69. The number of halogens is 4. The topological polar surface area (TPSA) is 52.5 Å².